The lowest BCUT2D eigenvalue weighted by molar-refractivity contribution is -0.140. The molecule has 0 aliphatic heterocycles. The number of carboxylic acid groups (broad SMARTS) is 1. The summed E-state index contributed by atoms with van der Waals surface area (Å²) >= 11 is 12.1. The standard InChI is InChI=1S/C14H18Cl2O2Si/c1-4-19(2,3)11-7-5-10(6-8-11)13(12(17)18)9-14(13,15)16/h5-8H,4,9H2,1-3H3,(H,17,18). The van der Waals surface area contributed by atoms with E-state index in [1.165, 1.54) is 5.19 Å². The zero-order chi connectivity index (χ0) is 14.5. The zero-order valence-corrected chi connectivity index (χ0v) is 13.8. The molecule has 0 aromatic heterocycles. The average molecular weight is 317 g/mol. The molecule has 104 valence electrons. The van der Waals surface area contributed by atoms with Crippen molar-refractivity contribution in [2.24, 2.45) is 0 Å². The van der Waals surface area contributed by atoms with Crippen LogP contribution >= 0.6 is 23.2 Å². The number of carboxylic acids is 1. The van der Waals surface area contributed by atoms with Gasteiger partial charge in [0.25, 0.3) is 0 Å². The first kappa shape index (κ1) is 14.9. The molecule has 1 atom stereocenters. The Kier molecular flexibility index (Phi) is 3.53. The predicted octanol–water partition coefficient (Wildman–Crippen LogP) is 3.52. The van der Waals surface area contributed by atoms with Crippen molar-refractivity contribution in [2.45, 2.75) is 42.2 Å². The van der Waals surface area contributed by atoms with Gasteiger partial charge >= 0.3 is 5.97 Å². The van der Waals surface area contributed by atoms with Gasteiger partial charge in [-0.2, -0.15) is 0 Å². The van der Waals surface area contributed by atoms with Crippen LogP contribution in [0.2, 0.25) is 19.1 Å². The van der Waals surface area contributed by atoms with E-state index in [-0.39, 0.29) is 6.42 Å². The monoisotopic (exact) mass is 316 g/mol. The Hall–Kier alpha value is -0.513. The van der Waals surface area contributed by atoms with Gasteiger partial charge in [0.1, 0.15) is 9.75 Å². The Labute approximate surface area is 124 Å². The van der Waals surface area contributed by atoms with Crippen LogP contribution in [0.5, 0.6) is 0 Å². The largest absolute Gasteiger partial charge is 0.480 e. The average Bonchev–Trinajstić information content (AvgIpc) is 2.94. The zero-order valence-electron chi connectivity index (χ0n) is 11.3. The summed E-state index contributed by atoms with van der Waals surface area (Å²) in [6.07, 6.45) is 0.270. The Morgan fingerprint density at radius 2 is 1.79 bits per heavy atom. The van der Waals surface area contributed by atoms with Crippen molar-refractivity contribution in [3.63, 3.8) is 0 Å². The van der Waals surface area contributed by atoms with Gasteiger partial charge in [-0.05, 0) is 5.56 Å². The van der Waals surface area contributed by atoms with E-state index in [2.05, 4.69) is 20.0 Å². The third-order valence-electron chi connectivity index (χ3n) is 4.39. The summed E-state index contributed by atoms with van der Waals surface area (Å²) in [5.41, 5.74) is -0.429. The summed E-state index contributed by atoms with van der Waals surface area (Å²) in [6, 6.07) is 8.99. The maximum Gasteiger partial charge on any atom is 0.317 e. The number of aliphatic carboxylic acids is 1. The van der Waals surface area contributed by atoms with Gasteiger partial charge < -0.3 is 5.11 Å². The van der Waals surface area contributed by atoms with Crippen molar-refractivity contribution in [3.8, 4) is 0 Å². The molecule has 1 aliphatic rings. The van der Waals surface area contributed by atoms with Gasteiger partial charge in [-0.1, -0.05) is 78.7 Å². The number of halogens is 2. The fourth-order valence-electron chi connectivity index (χ4n) is 2.37. The van der Waals surface area contributed by atoms with Gasteiger partial charge in [0, 0.05) is 6.42 Å². The van der Waals surface area contributed by atoms with Crippen LogP contribution in [0.4, 0.5) is 0 Å². The van der Waals surface area contributed by atoms with E-state index in [1.54, 1.807) is 0 Å². The van der Waals surface area contributed by atoms with Gasteiger partial charge in [0.2, 0.25) is 0 Å². The molecule has 1 unspecified atom stereocenters. The van der Waals surface area contributed by atoms with Gasteiger partial charge in [0.05, 0.1) is 8.07 Å². The second-order valence-electron chi connectivity index (χ2n) is 5.91. The SMILES string of the molecule is CC[Si](C)(C)c1ccc(C2(C(=O)O)CC2(Cl)Cl)cc1. The molecule has 5 heteroatoms. The van der Waals surface area contributed by atoms with Crippen LogP contribution < -0.4 is 5.19 Å². The minimum Gasteiger partial charge on any atom is -0.480 e. The molecule has 0 amide bonds. The summed E-state index contributed by atoms with van der Waals surface area (Å²) in [5.74, 6) is -0.947. The van der Waals surface area contributed by atoms with Crippen molar-refractivity contribution in [1.82, 2.24) is 0 Å². The molecule has 19 heavy (non-hydrogen) atoms. The summed E-state index contributed by atoms with van der Waals surface area (Å²) < 4.78 is -1.18. The van der Waals surface area contributed by atoms with Crippen molar-refractivity contribution in [3.05, 3.63) is 29.8 Å². The molecule has 1 aromatic carbocycles. The molecule has 1 aliphatic carbocycles. The minimum absolute atomic E-state index is 0.270. The van der Waals surface area contributed by atoms with E-state index in [9.17, 15) is 9.90 Å². The Bertz CT molecular complexity index is 511. The third kappa shape index (κ3) is 2.22. The maximum absolute atomic E-state index is 11.5. The van der Waals surface area contributed by atoms with E-state index in [1.807, 2.05) is 24.3 Å². The number of hydrogen-bond donors (Lipinski definition) is 1. The van der Waals surface area contributed by atoms with Gasteiger partial charge in [-0.15, -0.1) is 0 Å². The molecule has 2 nitrogen and oxygen atoms in total. The van der Waals surface area contributed by atoms with E-state index < -0.39 is 23.8 Å². The Morgan fingerprint density at radius 1 is 1.32 bits per heavy atom. The maximum atomic E-state index is 11.5. The molecular formula is C14H18Cl2O2Si. The van der Waals surface area contributed by atoms with Crippen LogP contribution in [0.25, 0.3) is 0 Å². The Balaban J connectivity index is 2.37. The highest BCUT2D eigenvalue weighted by Gasteiger charge is 2.72. The van der Waals surface area contributed by atoms with Gasteiger partial charge in [-0.3, -0.25) is 4.79 Å². The number of carbonyl (C=O) groups is 1. The molecule has 0 saturated heterocycles. The first-order chi connectivity index (χ1) is 8.67. The normalized spacial score (nSPS) is 25.1. The topological polar surface area (TPSA) is 37.3 Å². The smallest absolute Gasteiger partial charge is 0.317 e. The minimum atomic E-state index is -1.39. The molecule has 1 fully saturated rings. The van der Waals surface area contributed by atoms with Gasteiger partial charge in [-0.25, -0.2) is 0 Å². The van der Waals surface area contributed by atoms with Crippen LogP contribution in [0.15, 0.2) is 24.3 Å². The second-order valence-corrected chi connectivity index (χ2v) is 12.4. The fraction of sp³-hybridized carbons (Fsp3) is 0.500. The van der Waals surface area contributed by atoms with Crippen molar-refractivity contribution in [2.75, 3.05) is 0 Å². The second kappa shape index (κ2) is 4.50. The quantitative estimate of drug-likeness (QED) is 0.681. The fourth-order valence-corrected chi connectivity index (χ4v) is 4.63. The summed E-state index contributed by atoms with van der Waals surface area (Å²) in [4.78, 5) is 11.5. The highest BCUT2D eigenvalue weighted by atomic mass is 35.5. The lowest BCUT2D eigenvalue weighted by Gasteiger charge is -2.22. The van der Waals surface area contributed by atoms with Crippen LogP contribution in [-0.4, -0.2) is 23.5 Å². The summed E-state index contributed by atoms with van der Waals surface area (Å²) in [7, 11) is -1.39. The summed E-state index contributed by atoms with van der Waals surface area (Å²) in [6.45, 7) is 6.81. The highest BCUT2D eigenvalue weighted by molar-refractivity contribution is 6.89. The summed E-state index contributed by atoms with van der Waals surface area (Å²) in [5, 5.41) is 10.7. The highest BCUT2D eigenvalue weighted by Crippen LogP contribution is 2.64. The first-order valence-corrected chi connectivity index (χ1v) is 10.4. The number of alkyl halides is 2. The molecule has 1 saturated carbocycles. The molecule has 1 N–H and O–H groups in total. The molecular weight excluding hydrogens is 299 g/mol. The lowest BCUT2D eigenvalue weighted by atomic mass is 9.96. The van der Waals surface area contributed by atoms with Gasteiger partial charge in [0.15, 0.2) is 0 Å². The molecule has 0 bridgehead atoms. The van der Waals surface area contributed by atoms with E-state index >= 15 is 0 Å². The molecule has 0 heterocycles. The molecule has 1 aromatic rings. The Morgan fingerprint density at radius 3 is 2.11 bits per heavy atom. The first-order valence-electron chi connectivity index (χ1n) is 6.39. The van der Waals surface area contributed by atoms with E-state index in [0.717, 1.165) is 6.04 Å². The van der Waals surface area contributed by atoms with Crippen molar-refractivity contribution < 1.29 is 9.90 Å². The van der Waals surface area contributed by atoms with Crippen molar-refractivity contribution >= 4 is 42.4 Å². The van der Waals surface area contributed by atoms with Crippen molar-refractivity contribution in [1.29, 1.82) is 0 Å². The van der Waals surface area contributed by atoms with Crippen LogP contribution in [0, 0.1) is 0 Å². The van der Waals surface area contributed by atoms with Crippen LogP contribution in [0.3, 0.4) is 0 Å². The number of benzene rings is 1. The third-order valence-corrected chi connectivity index (χ3v) is 8.97. The number of rotatable bonds is 4. The van der Waals surface area contributed by atoms with Crippen LogP contribution in [-0.2, 0) is 10.2 Å². The molecule has 2 rings (SSSR count). The molecule has 0 spiro atoms. The lowest BCUT2D eigenvalue weighted by Crippen LogP contribution is -2.40. The number of hydrogen-bond acceptors (Lipinski definition) is 1. The van der Waals surface area contributed by atoms with Crippen LogP contribution in [0.1, 0.15) is 18.9 Å². The molecule has 0 radical (unpaired) electrons. The van der Waals surface area contributed by atoms with E-state index in [4.69, 9.17) is 23.2 Å². The predicted molar refractivity (Wildman–Crippen MR) is 82.4 cm³/mol. The van der Waals surface area contributed by atoms with E-state index in [0.29, 0.717) is 5.56 Å².